The minimum absolute atomic E-state index is 0.0424. The molecule has 0 fully saturated rings. The number of carbonyl (C=O) groups is 1. The average molecular weight is 444 g/mol. The monoisotopic (exact) mass is 444 g/mol. The van der Waals surface area contributed by atoms with Crippen molar-refractivity contribution < 1.29 is 14.3 Å². The van der Waals surface area contributed by atoms with Crippen molar-refractivity contribution in [2.75, 3.05) is 12.5 Å². The zero-order chi connectivity index (χ0) is 23.5. The molecule has 3 aromatic rings. The number of anilines is 1. The third kappa shape index (κ3) is 4.02. The molecule has 166 valence electrons. The number of hydrogen-bond acceptors (Lipinski definition) is 7. The minimum atomic E-state index is -0.860. The van der Waals surface area contributed by atoms with E-state index in [9.17, 15) is 19.6 Å². The fourth-order valence-corrected chi connectivity index (χ4v) is 3.58. The molecule has 0 saturated heterocycles. The number of aromatic nitrogens is 2. The van der Waals surface area contributed by atoms with Gasteiger partial charge in [-0.15, -0.1) is 0 Å². The van der Waals surface area contributed by atoms with Crippen LogP contribution in [0.4, 0.5) is 5.82 Å². The third-order valence-electron chi connectivity index (χ3n) is 5.27. The molecule has 1 aliphatic rings. The maximum absolute atomic E-state index is 13.3. The highest BCUT2D eigenvalue weighted by Gasteiger charge is 2.25. The maximum Gasteiger partial charge on any atom is 0.332 e. The second-order valence-electron chi connectivity index (χ2n) is 7.28. The van der Waals surface area contributed by atoms with Gasteiger partial charge in [-0.25, -0.2) is 4.79 Å². The smallest absolute Gasteiger partial charge is 0.332 e. The van der Waals surface area contributed by atoms with Crippen molar-refractivity contribution in [1.29, 1.82) is 5.26 Å². The highest BCUT2D eigenvalue weighted by Crippen LogP contribution is 2.33. The topological polar surface area (TPSA) is 129 Å². The van der Waals surface area contributed by atoms with E-state index in [-0.39, 0.29) is 31.3 Å². The van der Waals surface area contributed by atoms with Gasteiger partial charge in [-0.2, -0.15) is 5.26 Å². The van der Waals surface area contributed by atoms with Gasteiger partial charge in [0, 0.05) is 6.54 Å². The number of hydrogen-bond donors (Lipinski definition) is 1. The molecule has 0 unspecified atom stereocenters. The highest BCUT2D eigenvalue weighted by molar-refractivity contribution is 6.16. The van der Waals surface area contributed by atoms with E-state index < -0.39 is 22.6 Å². The Labute approximate surface area is 188 Å². The number of fused-ring (bicyclic) bond motifs is 1. The molecule has 0 atom stereocenters. The molecule has 0 bridgehead atoms. The van der Waals surface area contributed by atoms with Crippen LogP contribution < -0.4 is 26.5 Å². The molecule has 1 aromatic heterocycles. The van der Waals surface area contributed by atoms with Gasteiger partial charge in [0.05, 0.1) is 6.54 Å². The Morgan fingerprint density at radius 3 is 2.55 bits per heavy atom. The van der Waals surface area contributed by atoms with Gasteiger partial charge in [-0.1, -0.05) is 36.4 Å². The quantitative estimate of drug-likeness (QED) is 0.350. The van der Waals surface area contributed by atoms with E-state index in [1.165, 1.54) is 10.6 Å². The number of nitrogen functional groups attached to an aromatic ring is 1. The normalized spacial score (nSPS) is 12.4. The lowest BCUT2D eigenvalue weighted by atomic mass is 10.0. The predicted molar refractivity (Wildman–Crippen MR) is 121 cm³/mol. The molecule has 33 heavy (non-hydrogen) atoms. The van der Waals surface area contributed by atoms with Crippen molar-refractivity contribution in [2.45, 2.75) is 20.0 Å². The van der Waals surface area contributed by atoms with Crippen molar-refractivity contribution in [1.82, 2.24) is 9.13 Å². The van der Waals surface area contributed by atoms with E-state index in [1.54, 1.807) is 49.4 Å². The van der Waals surface area contributed by atoms with Crippen LogP contribution in [0.25, 0.3) is 6.08 Å². The molecule has 4 rings (SSSR count). The average Bonchev–Trinajstić information content (AvgIpc) is 3.29. The van der Waals surface area contributed by atoms with Crippen molar-refractivity contribution in [3.8, 4) is 17.6 Å². The number of allylic oxidation sites excluding steroid dienone is 1. The molecule has 2 N–H and O–H groups in total. The van der Waals surface area contributed by atoms with E-state index in [4.69, 9.17) is 15.2 Å². The zero-order valence-electron chi connectivity index (χ0n) is 17.8. The van der Waals surface area contributed by atoms with Gasteiger partial charge < -0.3 is 15.2 Å². The number of nitriles is 1. The second-order valence-corrected chi connectivity index (χ2v) is 7.28. The van der Waals surface area contributed by atoms with E-state index in [0.717, 1.165) is 10.1 Å². The van der Waals surface area contributed by atoms with Gasteiger partial charge >= 0.3 is 5.69 Å². The van der Waals surface area contributed by atoms with Crippen LogP contribution in [-0.2, 0) is 13.1 Å². The van der Waals surface area contributed by atoms with E-state index in [1.807, 2.05) is 12.1 Å². The Kier molecular flexibility index (Phi) is 5.83. The van der Waals surface area contributed by atoms with Crippen LogP contribution in [0.5, 0.6) is 11.5 Å². The highest BCUT2D eigenvalue weighted by atomic mass is 16.7. The maximum atomic E-state index is 13.3. The first-order chi connectivity index (χ1) is 15.9. The number of benzene rings is 2. The number of rotatable bonds is 6. The third-order valence-corrected chi connectivity index (χ3v) is 5.27. The van der Waals surface area contributed by atoms with E-state index in [0.29, 0.717) is 17.1 Å². The molecule has 9 nitrogen and oxygen atoms in total. The van der Waals surface area contributed by atoms with Gasteiger partial charge in [0.25, 0.3) is 5.56 Å². The van der Waals surface area contributed by atoms with Crippen LogP contribution in [0.2, 0.25) is 0 Å². The second kappa shape index (κ2) is 8.88. The van der Waals surface area contributed by atoms with Crippen LogP contribution in [0, 0.1) is 11.3 Å². The van der Waals surface area contributed by atoms with Gasteiger partial charge in [-0.3, -0.25) is 18.7 Å². The molecule has 1 aliphatic heterocycles. The Morgan fingerprint density at radius 2 is 1.85 bits per heavy atom. The molecule has 0 saturated carbocycles. The Balaban J connectivity index is 1.82. The molecule has 0 spiro atoms. The van der Waals surface area contributed by atoms with Gasteiger partial charge in [-0.05, 0) is 36.3 Å². The Bertz CT molecular complexity index is 1430. The first-order valence-electron chi connectivity index (χ1n) is 10.2. The molecule has 9 heteroatoms. The van der Waals surface area contributed by atoms with Gasteiger partial charge in [0.15, 0.2) is 11.5 Å². The molecule has 0 aliphatic carbocycles. The summed E-state index contributed by atoms with van der Waals surface area (Å²) in [5.74, 6) is -0.102. The minimum Gasteiger partial charge on any atom is -0.454 e. The lowest BCUT2D eigenvalue weighted by Crippen LogP contribution is -2.44. The number of nitrogens with zero attached hydrogens (tertiary/aromatic N) is 3. The Hall–Kier alpha value is -4.58. The van der Waals surface area contributed by atoms with E-state index in [2.05, 4.69) is 0 Å². The Morgan fingerprint density at radius 1 is 1.12 bits per heavy atom. The summed E-state index contributed by atoms with van der Waals surface area (Å²) in [7, 11) is 0. The molecule has 0 amide bonds. The van der Waals surface area contributed by atoms with Crippen LogP contribution in [-0.4, -0.2) is 21.7 Å². The summed E-state index contributed by atoms with van der Waals surface area (Å²) < 4.78 is 12.7. The molecular formula is C24H20N4O5. The number of ketones is 1. The lowest BCUT2D eigenvalue weighted by molar-refractivity contribution is 0.103. The predicted octanol–water partition coefficient (Wildman–Crippen LogP) is 2.18. The van der Waals surface area contributed by atoms with Crippen molar-refractivity contribution in [2.24, 2.45) is 0 Å². The van der Waals surface area contributed by atoms with Crippen molar-refractivity contribution in [3.63, 3.8) is 0 Å². The fraction of sp³-hybridized carbons (Fsp3) is 0.167. The SMILES string of the molecule is CCn1c(=O)c(C(=O)/C(C#N)=C/c2ccc3c(c2)OCO3)c(N)n(Cc2ccccc2)c1=O. The van der Waals surface area contributed by atoms with Gasteiger partial charge in [0.1, 0.15) is 23.0 Å². The number of carbonyl (C=O) groups excluding carboxylic acids is 1. The molecule has 2 heterocycles. The van der Waals surface area contributed by atoms with Crippen LogP contribution in [0.15, 0.2) is 63.7 Å². The molecule has 2 aromatic carbocycles. The summed E-state index contributed by atoms with van der Waals surface area (Å²) >= 11 is 0. The van der Waals surface area contributed by atoms with Crippen LogP contribution >= 0.6 is 0 Å². The standard InChI is InChI=1S/C24H20N4O5/c1-2-27-23(30)20(22(26)28(24(27)31)13-15-6-4-3-5-7-15)21(29)17(12-25)10-16-8-9-18-19(11-16)33-14-32-18/h3-11H,2,13-14,26H2,1H3/b17-10+. The largest absolute Gasteiger partial charge is 0.454 e. The summed E-state index contributed by atoms with van der Waals surface area (Å²) in [6, 6.07) is 15.8. The van der Waals surface area contributed by atoms with Crippen LogP contribution in [0.1, 0.15) is 28.4 Å². The summed E-state index contributed by atoms with van der Waals surface area (Å²) in [4.78, 5) is 39.2. The molecular weight excluding hydrogens is 424 g/mol. The zero-order valence-corrected chi connectivity index (χ0v) is 17.8. The number of nitrogens with two attached hydrogens (primary N) is 1. The lowest BCUT2D eigenvalue weighted by Gasteiger charge is -2.15. The number of Topliss-reactive ketones (excluding diaryl/α,β-unsaturated/α-hetero) is 1. The number of ether oxygens (including phenoxy) is 2. The first-order valence-corrected chi connectivity index (χ1v) is 10.2. The summed E-state index contributed by atoms with van der Waals surface area (Å²) in [6.07, 6.45) is 1.34. The van der Waals surface area contributed by atoms with E-state index >= 15 is 0 Å². The summed E-state index contributed by atoms with van der Waals surface area (Å²) in [5.41, 5.74) is 5.27. The van der Waals surface area contributed by atoms with Crippen LogP contribution in [0.3, 0.4) is 0 Å². The van der Waals surface area contributed by atoms with Crippen molar-refractivity contribution >= 4 is 17.7 Å². The first kappa shape index (κ1) is 21.6. The summed E-state index contributed by atoms with van der Waals surface area (Å²) in [5, 5.41) is 9.67. The fourth-order valence-electron chi connectivity index (χ4n) is 3.58. The van der Waals surface area contributed by atoms with Crippen molar-refractivity contribution in [3.05, 3.63) is 91.6 Å². The molecule has 0 radical (unpaired) electrons. The van der Waals surface area contributed by atoms with Gasteiger partial charge in [0.2, 0.25) is 12.6 Å². The summed E-state index contributed by atoms with van der Waals surface area (Å²) in [6.45, 7) is 1.82.